The first-order valence-corrected chi connectivity index (χ1v) is 4.77. The summed E-state index contributed by atoms with van der Waals surface area (Å²) in [7, 11) is 1.63. The van der Waals surface area contributed by atoms with Crippen molar-refractivity contribution in [2.45, 2.75) is 32.7 Å². The SMILES string of the molecule is CCCNC(=O)NC(CC)COC. The molecule has 0 heterocycles. The third kappa shape index (κ3) is 6.40. The van der Waals surface area contributed by atoms with Crippen LogP contribution in [0, 0.1) is 0 Å². The topological polar surface area (TPSA) is 50.4 Å². The van der Waals surface area contributed by atoms with Gasteiger partial charge in [-0.3, -0.25) is 0 Å². The molecule has 4 heteroatoms. The number of ether oxygens (including phenoxy) is 1. The van der Waals surface area contributed by atoms with E-state index in [1.807, 2.05) is 13.8 Å². The van der Waals surface area contributed by atoms with Crippen molar-refractivity contribution >= 4 is 6.03 Å². The van der Waals surface area contributed by atoms with Gasteiger partial charge in [0.05, 0.1) is 12.6 Å². The van der Waals surface area contributed by atoms with Crippen LogP contribution in [0.2, 0.25) is 0 Å². The maximum atomic E-state index is 11.2. The first kappa shape index (κ1) is 12.2. The van der Waals surface area contributed by atoms with Crippen molar-refractivity contribution in [2.24, 2.45) is 0 Å². The average Bonchev–Trinajstić information content (AvgIpc) is 2.14. The minimum absolute atomic E-state index is 0.106. The molecule has 0 radical (unpaired) electrons. The van der Waals surface area contributed by atoms with Gasteiger partial charge in [0.25, 0.3) is 0 Å². The Morgan fingerprint density at radius 1 is 1.46 bits per heavy atom. The summed E-state index contributed by atoms with van der Waals surface area (Å²) in [6, 6.07) is 0.00704. The molecule has 0 aliphatic rings. The van der Waals surface area contributed by atoms with Crippen LogP contribution in [0.25, 0.3) is 0 Å². The number of urea groups is 1. The van der Waals surface area contributed by atoms with Gasteiger partial charge in [-0.15, -0.1) is 0 Å². The Balaban J connectivity index is 3.60. The van der Waals surface area contributed by atoms with E-state index in [0.29, 0.717) is 6.61 Å². The van der Waals surface area contributed by atoms with E-state index in [1.165, 1.54) is 0 Å². The van der Waals surface area contributed by atoms with E-state index in [0.717, 1.165) is 19.4 Å². The molecule has 0 aromatic heterocycles. The monoisotopic (exact) mass is 188 g/mol. The van der Waals surface area contributed by atoms with Crippen molar-refractivity contribution in [1.29, 1.82) is 0 Å². The molecule has 0 aromatic rings. The summed E-state index contributed by atoms with van der Waals surface area (Å²) in [6.07, 6.45) is 1.84. The number of carbonyl (C=O) groups excluding carboxylic acids is 1. The second-order valence-corrected chi connectivity index (χ2v) is 2.96. The quantitative estimate of drug-likeness (QED) is 0.656. The zero-order chi connectivity index (χ0) is 10.1. The van der Waals surface area contributed by atoms with Gasteiger partial charge >= 0.3 is 6.03 Å². The van der Waals surface area contributed by atoms with Crippen LogP contribution in [-0.2, 0) is 4.74 Å². The lowest BCUT2D eigenvalue weighted by Gasteiger charge is -2.16. The van der Waals surface area contributed by atoms with Gasteiger partial charge in [-0.25, -0.2) is 4.79 Å². The molecule has 1 unspecified atom stereocenters. The number of carbonyl (C=O) groups is 1. The Bertz CT molecular complexity index is 140. The fraction of sp³-hybridized carbons (Fsp3) is 0.889. The molecule has 0 aromatic carbocycles. The highest BCUT2D eigenvalue weighted by Gasteiger charge is 2.08. The lowest BCUT2D eigenvalue weighted by molar-refractivity contribution is 0.163. The highest BCUT2D eigenvalue weighted by molar-refractivity contribution is 5.74. The molecule has 2 amide bonds. The predicted octanol–water partition coefficient (Wildman–Crippen LogP) is 1.12. The van der Waals surface area contributed by atoms with Gasteiger partial charge < -0.3 is 15.4 Å². The van der Waals surface area contributed by atoms with Gasteiger partial charge in [0.1, 0.15) is 0 Å². The summed E-state index contributed by atoms with van der Waals surface area (Å²) < 4.78 is 4.96. The summed E-state index contributed by atoms with van der Waals surface area (Å²) in [4.78, 5) is 11.2. The van der Waals surface area contributed by atoms with E-state index in [1.54, 1.807) is 7.11 Å². The highest BCUT2D eigenvalue weighted by atomic mass is 16.5. The van der Waals surface area contributed by atoms with Crippen molar-refractivity contribution in [2.75, 3.05) is 20.3 Å². The van der Waals surface area contributed by atoms with Crippen LogP contribution < -0.4 is 10.6 Å². The van der Waals surface area contributed by atoms with Crippen LogP contribution in [0.4, 0.5) is 4.79 Å². The maximum Gasteiger partial charge on any atom is 0.315 e. The van der Waals surface area contributed by atoms with Crippen LogP contribution >= 0.6 is 0 Å². The molecule has 0 fully saturated rings. The second kappa shape index (κ2) is 7.86. The van der Waals surface area contributed by atoms with Crippen LogP contribution in [0.3, 0.4) is 0 Å². The Morgan fingerprint density at radius 3 is 2.62 bits per heavy atom. The molecule has 78 valence electrons. The van der Waals surface area contributed by atoms with E-state index >= 15 is 0 Å². The molecule has 0 bridgehead atoms. The molecular weight excluding hydrogens is 168 g/mol. The summed E-state index contributed by atoms with van der Waals surface area (Å²) in [5.41, 5.74) is 0. The zero-order valence-electron chi connectivity index (χ0n) is 8.72. The number of methoxy groups -OCH3 is 1. The Morgan fingerprint density at radius 2 is 2.15 bits per heavy atom. The van der Waals surface area contributed by atoms with E-state index in [4.69, 9.17) is 4.74 Å². The van der Waals surface area contributed by atoms with Crippen LogP contribution in [0.1, 0.15) is 26.7 Å². The molecule has 0 aliphatic carbocycles. The van der Waals surface area contributed by atoms with Gasteiger partial charge in [0.2, 0.25) is 0 Å². The Kier molecular flexibility index (Phi) is 7.39. The largest absolute Gasteiger partial charge is 0.383 e. The Hall–Kier alpha value is -0.770. The van der Waals surface area contributed by atoms with Crippen molar-refractivity contribution in [3.8, 4) is 0 Å². The lowest BCUT2D eigenvalue weighted by Crippen LogP contribution is -2.44. The van der Waals surface area contributed by atoms with Crippen LogP contribution in [0.15, 0.2) is 0 Å². The molecular formula is C9H20N2O2. The van der Waals surface area contributed by atoms with Gasteiger partial charge in [0.15, 0.2) is 0 Å². The van der Waals surface area contributed by atoms with E-state index in [-0.39, 0.29) is 12.1 Å². The normalized spacial score (nSPS) is 12.2. The van der Waals surface area contributed by atoms with Crippen molar-refractivity contribution < 1.29 is 9.53 Å². The number of amides is 2. The van der Waals surface area contributed by atoms with Crippen LogP contribution in [0.5, 0.6) is 0 Å². The highest BCUT2D eigenvalue weighted by Crippen LogP contribution is 1.90. The Labute approximate surface area is 80.0 Å². The first-order valence-electron chi connectivity index (χ1n) is 4.77. The lowest BCUT2D eigenvalue weighted by atomic mass is 10.2. The summed E-state index contributed by atoms with van der Waals surface area (Å²) in [6.45, 7) is 5.32. The molecule has 13 heavy (non-hydrogen) atoms. The number of rotatable bonds is 6. The smallest absolute Gasteiger partial charge is 0.315 e. The van der Waals surface area contributed by atoms with E-state index in [2.05, 4.69) is 10.6 Å². The third-order valence-corrected chi connectivity index (χ3v) is 1.73. The summed E-state index contributed by atoms with van der Waals surface area (Å²) in [5.74, 6) is 0. The number of hydrogen-bond acceptors (Lipinski definition) is 2. The second-order valence-electron chi connectivity index (χ2n) is 2.96. The standard InChI is InChI=1S/C9H20N2O2/c1-4-6-10-9(12)11-8(5-2)7-13-3/h8H,4-7H2,1-3H3,(H2,10,11,12). The van der Waals surface area contributed by atoms with Crippen molar-refractivity contribution in [1.82, 2.24) is 10.6 Å². The fourth-order valence-electron chi connectivity index (χ4n) is 0.938. The zero-order valence-corrected chi connectivity index (χ0v) is 8.72. The van der Waals surface area contributed by atoms with Gasteiger partial charge in [-0.2, -0.15) is 0 Å². The minimum Gasteiger partial charge on any atom is -0.383 e. The third-order valence-electron chi connectivity index (χ3n) is 1.73. The number of hydrogen-bond donors (Lipinski definition) is 2. The van der Waals surface area contributed by atoms with Gasteiger partial charge in [-0.05, 0) is 12.8 Å². The maximum absolute atomic E-state index is 11.2. The molecule has 0 spiro atoms. The molecule has 2 N–H and O–H groups in total. The molecule has 0 saturated carbocycles. The first-order chi connectivity index (χ1) is 6.24. The van der Waals surface area contributed by atoms with Crippen LogP contribution in [-0.4, -0.2) is 32.3 Å². The molecule has 0 rings (SSSR count). The minimum atomic E-state index is -0.106. The summed E-state index contributed by atoms with van der Waals surface area (Å²) >= 11 is 0. The predicted molar refractivity (Wildman–Crippen MR) is 52.8 cm³/mol. The van der Waals surface area contributed by atoms with Gasteiger partial charge in [0, 0.05) is 13.7 Å². The van der Waals surface area contributed by atoms with Crippen molar-refractivity contribution in [3.63, 3.8) is 0 Å². The molecule has 4 nitrogen and oxygen atoms in total. The van der Waals surface area contributed by atoms with Crippen molar-refractivity contribution in [3.05, 3.63) is 0 Å². The van der Waals surface area contributed by atoms with E-state index in [9.17, 15) is 4.79 Å². The molecule has 0 aliphatic heterocycles. The van der Waals surface area contributed by atoms with Gasteiger partial charge in [-0.1, -0.05) is 13.8 Å². The number of nitrogens with one attached hydrogen (secondary N) is 2. The van der Waals surface area contributed by atoms with E-state index < -0.39 is 0 Å². The summed E-state index contributed by atoms with van der Waals surface area (Å²) in [5, 5.41) is 5.58. The molecule has 0 saturated heterocycles. The molecule has 1 atom stereocenters. The fourth-order valence-corrected chi connectivity index (χ4v) is 0.938. The average molecular weight is 188 g/mol.